The summed E-state index contributed by atoms with van der Waals surface area (Å²) >= 11 is 0. The minimum absolute atomic E-state index is 0.0769. The molecule has 5 heteroatoms. The van der Waals surface area contributed by atoms with Gasteiger partial charge in [0.2, 0.25) is 0 Å². The van der Waals surface area contributed by atoms with Gasteiger partial charge in [-0.15, -0.1) is 0 Å². The Labute approximate surface area is 102 Å². The van der Waals surface area contributed by atoms with Crippen LogP contribution in [0.4, 0.5) is 4.79 Å². The van der Waals surface area contributed by atoms with Gasteiger partial charge in [-0.05, 0) is 22.9 Å². The van der Waals surface area contributed by atoms with Gasteiger partial charge in [-0.3, -0.25) is 9.59 Å². The molecule has 90 valence electrons. The molecule has 0 aliphatic rings. The van der Waals surface area contributed by atoms with Gasteiger partial charge < -0.3 is 10.5 Å². The number of primary amides is 1. The summed E-state index contributed by atoms with van der Waals surface area (Å²) in [7, 11) is 0. The first kappa shape index (κ1) is 11.8. The number of carbonyl (C=O) groups is 3. The lowest BCUT2D eigenvalue weighted by atomic mass is 10.0. The Balaban J connectivity index is 2.75. The predicted octanol–water partition coefficient (Wildman–Crippen LogP) is 1.92. The van der Waals surface area contributed by atoms with E-state index in [1.165, 1.54) is 6.07 Å². The SMILES string of the molecule is NC(=O)Oc1ccc2c(C=O)cccc2c1C=O. The molecule has 0 aliphatic heterocycles. The number of hydrogen-bond donors (Lipinski definition) is 1. The number of benzene rings is 2. The van der Waals surface area contributed by atoms with Gasteiger partial charge in [-0.2, -0.15) is 0 Å². The number of hydrogen-bond acceptors (Lipinski definition) is 4. The van der Waals surface area contributed by atoms with Crippen molar-refractivity contribution in [3.8, 4) is 5.75 Å². The molecule has 0 atom stereocenters. The molecule has 0 unspecified atom stereocenters. The monoisotopic (exact) mass is 243 g/mol. The minimum atomic E-state index is -0.996. The number of ether oxygens (including phenoxy) is 1. The number of carbonyl (C=O) groups excluding carboxylic acids is 3. The van der Waals surface area contributed by atoms with Gasteiger partial charge in [0.15, 0.2) is 12.6 Å². The third-order valence-electron chi connectivity index (χ3n) is 2.55. The van der Waals surface area contributed by atoms with Crippen molar-refractivity contribution in [1.29, 1.82) is 0 Å². The Morgan fingerprint density at radius 3 is 2.44 bits per heavy atom. The maximum atomic E-state index is 11.1. The summed E-state index contributed by atoms with van der Waals surface area (Å²) in [6.45, 7) is 0. The largest absolute Gasteiger partial charge is 0.410 e. The van der Waals surface area contributed by atoms with Crippen LogP contribution in [0, 0.1) is 0 Å². The quantitative estimate of drug-likeness (QED) is 0.834. The summed E-state index contributed by atoms with van der Waals surface area (Å²) in [6, 6.07) is 7.99. The first-order valence-electron chi connectivity index (χ1n) is 5.10. The zero-order valence-corrected chi connectivity index (χ0v) is 9.25. The molecule has 0 aliphatic carbocycles. The van der Waals surface area contributed by atoms with Gasteiger partial charge in [-0.1, -0.05) is 18.2 Å². The van der Waals surface area contributed by atoms with Crippen molar-refractivity contribution in [2.24, 2.45) is 5.73 Å². The first-order valence-corrected chi connectivity index (χ1v) is 5.10. The third-order valence-corrected chi connectivity index (χ3v) is 2.55. The van der Waals surface area contributed by atoms with Crippen LogP contribution in [-0.2, 0) is 0 Å². The van der Waals surface area contributed by atoms with Crippen LogP contribution in [0.2, 0.25) is 0 Å². The molecule has 0 bridgehead atoms. The van der Waals surface area contributed by atoms with Crippen LogP contribution in [-0.4, -0.2) is 18.7 Å². The van der Waals surface area contributed by atoms with Crippen LogP contribution in [0.25, 0.3) is 10.8 Å². The van der Waals surface area contributed by atoms with Crippen molar-refractivity contribution in [2.75, 3.05) is 0 Å². The molecule has 0 heterocycles. The van der Waals surface area contributed by atoms with Gasteiger partial charge in [0.05, 0.1) is 5.56 Å². The van der Waals surface area contributed by atoms with E-state index in [0.717, 1.165) is 0 Å². The highest BCUT2D eigenvalue weighted by molar-refractivity contribution is 6.07. The standard InChI is InChI=1S/C13H9NO4/c14-13(17)18-12-5-4-9-8(6-15)2-1-3-10(9)11(12)7-16/h1-7H,(H2,14,17). The van der Waals surface area contributed by atoms with Gasteiger partial charge >= 0.3 is 6.09 Å². The minimum Gasteiger partial charge on any atom is -0.410 e. The highest BCUT2D eigenvalue weighted by atomic mass is 16.5. The molecule has 0 fully saturated rings. The number of aldehydes is 2. The normalized spacial score (nSPS) is 10.0. The smallest absolute Gasteiger partial charge is 0.409 e. The Kier molecular flexibility index (Phi) is 3.05. The van der Waals surface area contributed by atoms with Crippen LogP contribution in [0.15, 0.2) is 30.3 Å². The Hall–Kier alpha value is -2.69. The van der Waals surface area contributed by atoms with Crippen LogP contribution in [0.5, 0.6) is 5.75 Å². The zero-order valence-electron chi connectivity index (χ0n) is 9.25. The van der Waals surface area contributed by atoms with Crippen LogP contribution < -0.4 is 10.5 Å². The molecular formula is C13H9NO4. The molecule has 2 N–H and O–H groups in total. The second-order valence-corrected chi connectivity index (χ2v) is 3.58. The summed E-state index contributed by atoms with van der Waals surface area (Å²) in [6.07, 6.45) is 0.268. The molecule has 2 rings (SSSR count). The van der Waals surface area contributed by atoms with Crippen molar-refractivity contribution in [3.63, 3.8) is 0 Å². The van der Waals surface area contributed by atoms with Crippen molar-refractivity contribution in [1.82, 2.24) is 0 Å². The lowest BCUT2D eigenvalue weighted by Gasteiger charge is -2.08. The Morgan fingerprint density at radius 1 is 1.06 bits per heavy atom. The number of fused-ring (bicyclic) bond motifs is 1. The summed E-state index contributed by atoms with van der Waals surface area (Å²) in [5.41, 5.74) is 5.56. The Morgan fingerprint density at radius 2 is 1.83 bits per heavy atom. The zero-order chi connectivity index (χ0) is 13.1. The summed E-state index contributed by atoms with van der Waals surface area (Å²) in [5, 5.41) is 1.15. The van der Waals surface area contributed by atoms with E-state index in [2.05, 4.69) is 0 Å². The van der Waals surface area contributed by atoms with Gasteiger partial charge in [0.25, 0.3) is 0 Å². The second kappa shape index (κ2) is 4.67. The van der Waals surface area contributed by atoms with E-state index >= 15 is 0 Å². The summed E-state index contributed by atoms with van der Waals surface area (Å²) < 4.78 is 4.74. The van der Waals surface area contributed by atoms with Crippen molar-refractivity contribution >= 4 is 29.4 Å². The molecule has 0 aromatic heterocycles. The fourth-order valence-corrected chi connectivity index (χ4v) is 1.81. The number of rotatable bonds is 3. The van der Waals surface area contributed by atoms with E-state index in [4.69, 9.17) is 10.5 Å². The maximum absolute atomic E-state index is 11.1. The molecule has 18 heavy (non-hydrogen) atoms. The first-order chi connectivity index (χ1) is 8.67. The lowest BCUT2D eigenvalue weighted by molar-refractivity contribution is 0.111. The van der Waals surface area contributed by atoms with E-state index in [9.17, 15) is 14.4 Å². The molecule has 0 radical (unpaired) electrons. The van der Waals surface area contributed by atoms with Gasteiger partial charge in [-0.25, -0.2) is 4.79 Å². The average molecular weight is 243 g/mol. The lowest BCUT2D eigenvalue weighted by Crippen LogP contribution is -2.17. The molecule has 2 aromatic rings. The molecular weight excluding hydrogens is 234 g/mol. The van der Waals surface area contributed by atoms with E-state index in [-0.39, 0.29) is 11.3 Å². The highest BCUT2D eigenvalue weighted by Gasteiger charge is 2.11. The van der Waals surface area contributed by atoms with Crippen molar-refractivity contribution in [2.45, 2.75) is 0 Å². The molecule has 2 aromatic carbocycles. The van der Waals surface area contributed by atoms with Crippen LogP contribution in [0.3, 0.4) is 0 Å². The summed E-state index contributed by atoms with van der Waals surface area (Å²) in [5.74, 6) is 0.0769. The molecule has 0 saturated carbocycles. The molecule has 1 amide bonds. The van der Waals surface area contributed by atoms with Crippen LogP contribution >= 0.6 is 0 Å². The van der Waals surface area contributed by atoms with Crippen LogP contribution in [0.1, 0.15) is 20.7 Å². The fraction of sp³-hybridized carbons (Fsp3) is 0. The topological polar surface area (TPSA) is 86.5 Å². The number of amides is 1. The van der Waals surface area contributed by atoms with E-state index < -0.39 is 6.09 Å². The highest BCUT2D eigenvalue weighted by Crippen LogP contribution is 2.28. The second-order valence-electron chi connectivity index (χ2n) is 3.58. The van der Waals surface area contributed by atoms with Gasteiger partial charge in [0.1, 0.15) is 5.75 Å². The van der Waals surface area contributed by atoms with E-state index in [1.807, 2.05) is 0 Å². The van der Waals surface area contributed by atoms with E-state index in [1.54, 1.807) is 24.3 Å². The average Bonchev–Trinajstić information content (AvgIpc) is 2.37. The molecule has 0 spiro atoms. The summed E-state index contributed by atoms with van der Waals surface area (Å²) in [4.78, 5) is 32.7. The molecule has 5 nitrogen and oxygen atoms in total. The third kappa shape index (κ3) is 1.93. The Bertz CT molecular complexity index is 649. The van der Waals surface area contributed by atoms with Crippen molar-refractivity contribution in [3.05, 3.63) is 41.5 Å². The number of nitrogens with two attached hydrogens (primary N) is 1. The predicted molar refractivity (Wildman–Crippen MR) is 64.9 cm³/mol. The maximum Gasteiger partial charge on any atom is 0.409 e. The fourth-order valence-electron chi connectivity index (χ4n) is 1.81. The molecule has 0 saturated heterocycles. The van der Waals surface area contributed by atoms with Gasteiger partial charge in [0, 0.05) is 5.56 Å². The van der Waals surface area contributed by atoms with E-state index in [0.29, 0.717) is 28.9 Å². The van der Waals surface area contributed by atoms with Crippen molar-refractivity contribution < 1.29 is 19.1 Å².